The smallest absolute Gasteiger partial charge is 0.0636 e. The van der Waals surface area contributed by atoms with E-state index in [0.29, 0.717) is 6.54 Å². The molecular weight excluding hydrogens is 244 g/mol. The molecule has 94 valence electrons. The van der Waals surface area contributed by atoms with Crippen molar-refractivity contribution >= 4 is 17.3 Å². The largest absolute Gasteiger partial charge is 0.377 e. The lowest BCUT2D eigenvalue weighted by atomic mass is 10.1. The van der Waals surface area contributed by atoms with Crippen LogP contribution in [0, 0.1) is 6.92 Å². The molecule has 0 aliphatic rings. The SMILES string of the molecule is Cc1ccc(NC(CN)c2cccc(Cl)c2)cc1. The number of nitrogens with two attached hydrogens (primary N) is 1. The first kappa shape index (κ1) is 12.9. The van der Waals surface area contributed by atoms with Gasteiger partial charge in [-0.3, -0.25) is 0 Å². The van der Waals surface area contributed by atoms with Crippen LogP contribution in [0.4, 0.5) is 5.69 Å². The molecule has 2 nitrogen and oxygen atoms in total. The number of hydrogen-bond acceptors (Lipinski definition) is 2. The van der Waals surface area contributed by atoms with Crippen LogP contribution in [0.2, 0.25) is 5.02 Å². The Morgan fingerprint density at radius 1 is 1.17 bits per heavy atom. The van der Waals surface area contributed by atoms with Gasteiger partial charge in [0.1, 0.15) is 0 Å². The third kappa shape index (κ3) is 3.25. The van der Waals surface area contributed by atoms with E-state index >= 15 is 0 Å². The van der Waals surface area contributed by atoms with Gasteiger partial charge >= 0.3 is 0 Å². The highest BCUT2D eigenvalue weighted by Gasteiger charge is 2.09. The van der Waals surface area contributed by atoms with E-state index in [4.69, 9.17) is 17.3 Å². The zero-order valence-corrected chi connectivity index (χ0v) is 11.1. The number of hydrogen-bond donors (Lipinski definition) is 2. The summed E-state index contributed by atoms with van der Waals surface area (Å²) >= 11 is 6.00. The number of anilines is 1. The van der Waals surface area contributed by atoms with E-state index in [0.717, 1.165) is 16.3 Å². The van der Waals surface area contributed by atoms with Gasteiger partial charge in [0.15, 0.2) is 0 Å². The topological polar surface area (TPSA) is 38.0 Å². The van der Waals surface area contributed by atoms with Crippen LogP contribution in [-0.2, 0) is 0 Å². The van der Waals surface area contributed by atoms with Crippen molar-refractivity contribution in [2.45, 2.75) is 13.0 Å². The molecule has 3 heteroatoms. The molecule has 0 heterocycles. The summed E-state index contributed by atoms with van der Waals surface area (Å²) in [6, 6.07) is 16.1. The van der Waals surface area contributed by atoms with Crippen molar-refractivity contribution in [2.75, 3.05) is 11.9 Å². The maximum absolute atomic E-state index is 6.00. The van der Waals surface area contributed by atoms with Crippen LogP contribution < -0.4 is 11.1 Å². The van der Waals surface area contributed by atoms with Gasteiger partial charge in [-0.1, -0.05) is 41.4 Å². The predicted octanol–water partition coefficient (Wildman–Crippen LogP) is 3.76. The molecule has 0 aliphatic carbocycles. The van der Waals surface area contributed by atoms with E-state index in [1.807, 2.05) is 24.3 Å². The summed E-state index contributed by atoms with van der Waals surface area (Å²) in [5, 5.41) is 4.15. The number of nitrogens with one attached hydrogen (secondary N) is 1. The minimum atomic E-state index is 0.0754. The molecule has 2 aromatic carbocycles. The van der Waals surface area contributed by atoms with Crippen LogP contribution in [0.15, 0.2) is 48.5 Å². The summed E-state index contributed by atoms with van der Waals surface area (Å²) in [6.07, 6.45) is 0. The van der Waals surface area contributed by atoms with Crippen LogP contribution in [0.5, 0.6) is 0 Å². The average Bonchev–Trinajstić information content (AvgIpc) is 2.38. The van der Waals surface area contributed by atoms with Gasteiger partial charge in [0, 0.05) is 17.3 Å². The van der Waals surface area contributed by atoms with Crippen molar-refractivity contribution in [1.82, 2.24) is 0 Å². The van der Waals surface area contributed by atoms with Crippen molar-refractivity contribution in [3.8, 4) is 0 Å². The highest BCUT2D eigenvalue weighted by atomic mass is 35.5. The Balaban J connectivity index is 2.17. The Kier molecular flexibility index (Phi) is 4.24. The molecule has 0 fully saturated rings. The Morgan fingerprint density at radius 2 is 1.89 bits per heavy atom. The molecule has 0 saturated heterocycles. The van der Waals surface area contributed by atoms with Gasteiger partial charge in [-0.25, -0.2) is 0 Å². The summed E-state index contributed by atoms with van der Waals surface area (Å²) in [6.45, 7) is 2.59. The maximum Gasteiger partial charge on any atom is 0.0636 e. The van der Waals surface area contributed by atoms with Crippen molar-refractivity contribution < 1.29 is 0 Å². The first-order valence-electron chi connectivity index (χ1n) is 5.98. The highest BCUT2D eigenvalue weighted by molar-refractivity contribution is 6.30. The molecule has 0 saturated carbocycles. The molecule has 2 rings (SSSR count). The predicted molar refractivity (Wildman–Crippen MR) is 78.0 cm³/mol. The van der Waals surface area contributed by atoms with E-state index in [2.05, 4.69) is 36.5 Å². The van der Waals surface area contributed by atoms with E-state index < -0.39 is 0 Å². The molecule has 0 aliphatic heterocycles. The fourth-order valence-corrected chi connectivity index (χ4v) is 2.05. The first-order chi connectivity index (χ1) is 8.69. The lowest BCUT2D eigenvalue weighted by molar-refractivity contribution is 0.790. The minimum absolute atomic E-state index is 0.0754. The van der Waals surface area contributed by atoms with Gasteiger partial charge in [-0.2, -0.15) is 0 Å². The average molecular weight is 261 g/mol. The minimum Gasteiger partial charge on any atom is -0.377 e. The third-order valence-corrected chi connectivity index (χ3v) is 3.11. The van der Waals surface area contributed by atoms with Crippen LogP contribution in [0.3, 0.4) is 0 Å². The molecule has 0 amide bonds. The number of rotatable bonds is 4. The quantitative estimate of drug-likeness (QED) is 0.878. The van der Waals surface area contributed by atoms with Gasteiger partial charge in [0.05, 0.1) is 6.04 Å². The van der Waals surface area contributed by atoms with Crippen molar-refractivity contribution in [2.24, 2.45) is 5.73 Å². The fourth-order valence-electron chi connectivity index (χ4n) is 1.85. The maximum atomic E-state index is 6.00. The van der Waals surface area contributed by atoms with Crippen LogP contribution in [-0.4, -0.2) is 6.54 Å². The summed E-state index contributed by atoms with van der Waals surface area (Å²) in [4.78, 5) is 0. The monoisotopic (exact) mass is 260 g/mol. The normalized spacial score (nSPS) is 12.2. The number of aryl methyl sites for hydroxylation is 1. The second-order valence-electron chi connectivity index (χ2n) is 4.35. The second kappa shape index (κ2) is 5.89. The zero-order chi connectivity index (χ0) is 13.0. The lowest BCUT2D eigenvalue weighted by Crippen LogP contribution is -2.20. The Bertz CT molecular complexity index is 508. The molecule has 18 heavy (non-hydrogen) atoms. The van der Waals surface area contributed by atoms with Crippen molar-refractivity contribution in [3.05, 3.63) is 64.7 Å². The van der Waals surface area contributed by atoms with Gasteiger partial charge in [0.2, 0.25) is 0 Å². The molecule has 1 atom stereocenters. The van der Waals surface area contributed by atoms with E-state index in [1.54, 1.807) is 0 Å². The highest BCUT2D eigenvalue weighted by Crippen LogP contribution is 2.21. The van der Waals surface area contributed by atoms with Crippen LogP contribution in [0.25, 0.3) is 0 Å². The van der Waals surface area contributed by atoms with Crippen molar-refractivity contribution in [1.29, 1.82) is 0 Å². The van der Waals surface area contributed by atoms with E-state index in [9.17, 15) is 0 Å². The standard InChI is InChI=1S/C15H17ClN2/c1-11-5-7-14(8-6-11)18-15(10-17)12-3-2-4-13(16)9-12/h2-9,15,18H,10,17H2,1H3. The summed E-state index contributed by atoms with van der Waals surface area (Å²) in [5.41, 5.74) is 9.24. The molecule has 0 spiro atoms. The Morgan fingerprint density at radius 3 is 2.50 bits per heavy atom. The number of halogens is 1. The number of benzene rings is 2. The van der Waals surface area contributed by atoms with Crippen LogP contribution in [0.1, 0.15) is 17.2 Å². The summed E-state index contributed by atoms with van der Waals surface area (Å²) in [7, 11) is 0. The molecular formula is C15H17ClN2. The molecule has 0 bridgehead atoms. The van der Waals surface area contributed by atoms with E-state index in [1.165, 1.54) is 5.56 Å². The molecule has 0 aromatic heterocycles. The Labute approximate surface area is 113 Å². The van der Waals surface area contributed by atoms with E-state index in [-0.39, 0.29) is 6.04 Å². The van der Waals surface area contributed by atoms with Crippen molar-refractivity contribution in [3.63, 3.8) is 0 Å². The summed E-state index contributed by atoms with van der Waals surface area (Å²) < 4.78 is 0. The molecule has 3 N–H and O–H groups in total. The van der Waals surface area contributed by atoms with Crippen LogP contribution >= 0.6 is 11.6 Å². The fraction of sp³-hybridized carbons (Fsp3) is 0.200. The van der Waals surface area contributed by atoms with Gasteiger partial charge < -0.3 is 11.1 Å². The Hall–Kier alpha value is -1.51. The second-order valence-corrected chi connectivity index (χ2v) is 4.79. The first-order valence-corrected chi connectivity index (χ1v) is 6.35. The lowest BCUT2D eigenvalue weighted by Gasteiger charge is -2.19. The van der Waals surface area contributed by atoms with Gasteiger partial charge in [-0.05, 0) is 36.8 Å². The molecule has 2 aromatic rings. The molecule has 1 unspecified atom stereocenters. The van der Waals surface area contributed by atoms with Gasteiger partial charge in [-0.15, -0.1) is 0 Å². The third-order valence-electron chi connectivity index (χ3n) is 2.88. The molecule has 0 radical (unpaired) electrons. The van der Waals surface area contributed by atoms with Gasteiger partial charge in [0.25, 0.3) is 0 Å². The summed E-state index contributed by atoms with van der Waals surface area (Å²) in [5.74, 6) is 0. The zero-order valence-electron chi connectivity index (χ0n) is 10.4.